The predicted octanol–water partition coefficient (Wildman–Crippen LogP) is 3.64. The molecule has 0 aliphatic carbocycles. The Morgan fingerprint density at radius 2 is 1.95 bits per heavy atom. The fourth-order valence-electron chi connectivity index (χ4n) is 2.76. The first-order valence-electron chi connectivity index (χ1n) is 6.63. The van der Waals surface area contributed by atoms with Crippen LogP contribution < -0.4 is 10.6 Å². The molecule has 2 aromatic rings. The zero-order chi connectivity index (χ0) is 13.2. The van der Waals surface area contributed by atoms with Gasteiger partial charge >= 0.3 is 0 Å². The van der Waals surface area contributed by atoms with Crippen molar-refractivity contribution < 1.29 is 0 Å². The molecule has 0 fully saturated rings. The molecule has 0 atom stereocenters. The van der Waals surface area contributed by atoms with Crippen molar-refractivity contribution in [3.8, 4) is 0 Å². The smallest absolute Gasteiger partial charge is 0.0444 e. The zero-order valence-corrected chi connectivity index (χ0v) is 12.4. The highest BCUT2D eigenvalue weighted by molar-refractivity contribution is 9.10. The second-order valence-corrected chi connectivity index (χ2v) is 5.76. The Kier molecular flexibility index (Phi) is 3.58. The van der Waals surface area contributed by atoms with E-state index in [1.807, 2.05) is 0 Å². The van der Waals surface area contributed by atoms with Gasteiger partial charge in [0.2, 0.25) is 0 Å². The van der Waals surface area contributed by atoms with Gasteiger partial charge in [0.1, 0.15) is 0 Å². The lowest BCUT2D eigenvalue weighted by molar-refractivity contribution is 0.938. The molecular formula is C16H17BrN2. The van der Waals surface area contributed by atoms with E-state index in [4.69, 9.17) is 5.73 Å². The van der Waals surface area contributed by atoms with E-state index in [1.54, 1.807) is 0 Å². The third kappa shape index (κ3) is 2.40. The van der Waals surface area contributed by atoms with Crippen molar-refractivity contribution in [1.29, 1.82) is 0 Å². The van der Waals surface area contributed by atoms with Crippen molar-refractivity contribution in [3.05, 3.63) is 58.1 Å². The lowest BCUT2D eigenvalue weighted by atomic mass is 10.1. The molecule has 1 aliphatic heterocycles. The molecule has 0 amide bonds. The Labute approximate surface area is 122 Å². The summed E-state index contributed by atoms with van der Waals surface area (Å²) < 4.78 is 1.12. The molecule has 0 saturated heterocycles. The minimum atomic E-state index is 0.680. The van der Waals surface area contributed by atoms with Crippen LogP contribution in [0.25, 0.3) is 0 Å². The van der Waals surface area contributed by atoms with Gasteiger partial charge in [0, 0.05) is 22.4 Å². The van der Waals surface area contributed by atoms with Crippen molar-refractivity contribution in [1.82, 2.24) is 0 Å². The minimum absolute atomic E-state index is 0.680. The molecule has 98 valence electrons. The first-order valence-corrected chi connectivity index (χ1v) is 7.43. The number of para-hydroxylation sites is 1. The van der Waals surface area contributed by atoms with Gasteiger partial charge in [-0.2, -0.15) is 0 Å². The number of nitrogens with zero attached hydrogens (tertiary/aromatic N) is 1. The Morgan fingerprint density at radius 1 is 1.11 bits per heavy atom. The molecule has 2 aromatic carbocycles. The van der Waals surface area contributed by atoms with E-state index in [2.05, 4.69) is 63.3 Å². The standard InChI is InChI=1S/C16H17BrN2/c17-14-5-6-16(13(11-14)7-9-18)19-10-8-12-3-1-2-4-15(12)19/h1-6,11H,7-10,18H2. The number of hydrogen-bond donors (Lipinski definition) is 1. The van der Waals surface area contributed by atoms with Gasteiger partial charge in [-0.3, -0.25) is 0 Å². The summed E-state index contributed by atoms with van der Waals surface area (Å²) in [7, 11) is 0. The number of fused-ring (bicyclic) bond motifs is 1. The first kappa shape index (κ1) is 12.7. The molecule has 3 heteroatoms. The maximum absolute atomic E-state index is 5.74. The maximum atomic E-state index is 5.74. The monoisotopic (exact) mass is 316 g/mol. The van der Waals surface area contributed by atoms with E-state index in [1.165, 1.54) is 22.5 Å². The molecule has 1 aliphatic rings. The Morgan fingerprint density at radius 3 is 2.79 bits per heavy atom. The predicted molar refractivity (Wildman–Crippen MR) is 84.1 cm³/mol. The van der Waals surface area contributed by atoms with Crippen molar-refractivity contribution in [2.45, 2.75) is 12.8 Å². The van der Waals surface area contributed by atoms with Crippen LogP contribution in [0, 0.1) is 0 Å². The number of rotatable bonds is 3. The van der Waals surface area contributed by atoms with Crippen molar-refractivity contribution >= 4 is 27.3 Å². The summed E-state index contributed by atoms with van der Waals surface area (Å²) in [6.07, 6.45) is 2.03. The molecule has 1 heterocycles. The van der Waals surface area contributed by atoms with E-state index in [0.29, 0.717) is 6.54 Å². The molecule has 0 radical (unpaired) electrons. The van der Waals surface area contributed by atoms with Crippen LogP contribution in [-0.2, 0) is 12.8 Å². The van der Waals surface area contributed by atoms with Crippen LogP contribution in [0.4, 0.5) is 11.4 Å². The highest BCUT2D eigenvalue weighted by Crippen LogP contribution is 2.37. The number of benzene rings is 2. The van der Waals surface area contributed by atoms with E-state index >= 15 is 0 Å². The zero-order valence-electron chi connectivity index (χ0n) is 10.8. The number of nitrogens with two attached hydrogens (primary N) is 1. The Bertz CT molecular complexity index is 595. The molecule has 0 saturated carbocycles. The Balaban J connectivity index is 2.04. The SMILES string of the molecule is NCCc1cc(Br)ccc1N1CCc2ccccc21. The third-order valence-electron chi connectivity index (χ3n) is 3.63. The largest absolute Gasteiger partial charge is 0.341 e. The fraction of sp³-hybridized carbons (Fsp3) is 0.250. The van der Waals surface area contributed by atoms with Gasteiger partial charge in [-0.15, -0.1) is 0 Å². The number of halogens is 1. The van der Waals surface area contributed by atoms with Gasteiger partial charge in [-0.1, -0.05) is 34.1 Å². The van der Waals surface area contributed by atoms with E-state index in [9.17, 15) is 0 Å². The molecular weight excluding hydrogens is 300 g/mol. The molecule has 0 spiro atoms. The van der Waals surface area contributed by atoms with Gasteiger partial charge < -0.3 is 10.6 Å². The second kappa shape index (κ2) is 5.35. The van der Waals surface area contributed by atoms with Crippen molar-refractivity contribution in [2.24, 2.45) is 5.73 Å². The van der Waals surface area contributed by atoms with Gasteiger partial charge in [0.15, 0.2) is 0 Å². The van der Waals surface area contributed by atoms with Gasteiger partial charge in [-0.25, -0.2) is 0 Å². The summed E-state index contributed by atoms with van der Waals surface area (Å²) >= 11 is 3.55. The normalized spacial score (nSPS) is 13.7. The molecule has 0 unspecified atom stereocenters. The Hall–Kier alpha value is -1.32. The van der Waals surface area contributed by atoms with Gasteiger partial charge in [0.25, 0.3) is 0 Å². The van der Waals surface area contributed by atoms with E-state index in [-0.39, 0.29) is 0 Å². The summed E-state index contributed by atoms with van der Waals surface area (Å²) in [5, 5.41) is 0. The minimum Gasteiger partial charge on any atom is -0.341 e. The van der Waals surface area contributed by atoms with E-state index in [0.717, 1.165) is 23.9 Å². The summed E-state index contributed by atoms with van der Waals surface area (Å²) in [6.45, 7) is 1.73. The van der Waals surface area contributed by atoms with Crippen LogP contribution in [0.3, 0.4) is 0 Å². The first-order chi connectivity index (χ1) is 9.29. The second-order valence-electron chi connectivity index (χ2n) is 4.84. The lowest BCUT2D eigenvalue weighted by Gasteiger charge is -2.23. The lowest BCUT2D eigenvalue weighted by Crippen LogP contribution is -2.16. The molecule has 19 heavy (non-hydrogen) atoms. The average molecular weight is 317 g/mol. The number of hydrogen-bond acceptors (Lipinski definition) is 2. The molecule has 3 rings (SSSR count). The van der Waals surface area contributed by atoms with Crippen LogP contribution in [0.1, 0.15) is 11.1 Å². The van der Waals surface area contributed by atoms with Crippen molar-refractivity contribution in [2.75, 3.05) is 18.0 Å². The average Bonchev–Trinajstić information content (AvgIpc) is 2.83. The van der Waals surface area contributed by atoms with Crippen LogP contribution in [0.5, 0.6) is 0 Å². The molecule has 0 aromatic heterocycles. The summed E-state index contributed by atoms with van der Waals surface area (Å²) in [5.41, 5.74) is 11.1. The van der Waals surface area contributed by atoms with Crippen LogP contribution in [0.2, 0.25) is 0 Å². The highest BCUT2D eigenvalue weighted by atomic mass is 79.9. The summed E-state index contributed by atoms with van der Waals surface area (Å²) in [6, 6.07) is 15.1. The maximum Gasteiger partial charge on any atom is 0.0444 e. The van der Waals surface area contributed by atoms with Crippen LogP contribution in [-0.4, -0.2) is 13.1 Å². The highest BCUT2D eigenvalue weighted by Gasteiger charge is 2.21. The summed E-state index contributed by atoms with van der Waals surface area (Å²) in [4.78, 5) is 2.41. The van der Waals surface area contributed by atoms with Gasteiger partial charge in [-0.05, 0) is 54.8 Å². The van der Waals surface area contributed by atoms with Crippen LogP contribution >= 0.6 is 15.9 Å². The van der Waals surface area contributed by atoms with E-state index < -0.39 is 0 Å². The van der Waals surface area contributed by atoms with Crippen LogP contribution in [0.15, 0.2) is 46.9 Å². The van der Waals surface area contributed by atoms with Gasteiger partial charge in [0.05, 0.1) is 0 Å². The quantitative estimate of drug-likeness (QED) is 0.936. The van der Waals surface area contributed by atoms with Crippen molar-refractivity contribution in [3.63, 3.8) is 0 Å². The third-order valence-corrected chi connectivity index (χ3v) is 4.13. The fourth-order valence-corrected chi connectivity index (χ4v) is 3.17. The molecule has 2 N–H and O–H groups in total. The molecule has 2 nitrogen and oxygen atoms in total. The molecule has 0 bridgehead atoms. The number of anilines is 2. The topological polar surface area (TPSA) is 29.3 Å². The summed E-state index contributed by atoms with van der Waals surface area (Å²) in [5.74, 6) is 0.